The fourth-order valence-electron chi connectivity index (χ4n) is 6.50. The van der Waals surface area contributed by atoms with E-state index in [0.29, 0.717) is 34.5 Å². The van der Waals surface area contributed by atoms with Gasteiger partial charge in [-0.05, 0) is 48.0 Å². The molecule has 10 rings (SSSR count). The second kappa shape index (κ2) is 11.3. The monoisotopic (exact) mass is 644 g/mol. The Morgan fingerprint density at radius 2 is 1.00 bits per heavy atom. The van der Waals surface area contributed by atoms with Crippen LogP contribution in [0.25, 0.3) is 101 Å². The number of pyridine rings is 2. The summed E-state index contributed by atoms with van der Waals surface area (Å²) in [5.41, 5.74) is 9.91. The van der Waals surface area contributed by atoms with E-state index in [1.54, 1.807) is 12.4 Å². The van der Waals surface area contributed by atoms with Crippen LogP contribution in [-0.2, 0) is 0 Å². The topological polar surface area (TPSA) is 104 Å². The van der Waals surface area contributed by atoms with Gasteiger partial charge in [0.1, 0.15) is 22.2 Å². The molecule has 0 aliphatic rings. The fourth-order valence-corrected chi connectivity index (χ4v) is 6.50. The molecule has 0 unspecified atom stereocenters. The van der Waals surface area contributed by atoms with Crippen molar-refractivity contribution >= 4 is 44.1 Å². The number of furan rings is 1. The van der Waals surface area contributed by atoms with E-state index in [1.807, 2.05) is 121 Å². The van der Waals surface area contributed by atoms with Gasteiger partial charge in [-0.2, -0.15) is 0 Å². The van der Waals surface area contributed by atoms with Crippen molar-refractivity contribution in [1.29, 1.82) is 0 Å². The van der Waals surface area contributed by atoms with Crippen molar-refractivity contribution in [3.8, 4) is 56.7 Å². The van der Waals surface area contributed by atoms with Crippen LogP contribution in [0, 0.1) is 0 Å². The summed E-state index contributed by atoms with van der Waals surface area (Å²) in [6, 6.07) is 43.8. The van der Waals surface area contributed by atoms with Crippen LogP contribution in [0.2, 0.25) is 0 Å². The number of aromatic nitrogens is 6. The van der Waals surface area contributed by atoms with Gasteiger partial charge in [0.25, 0.3) is 0 Å². The molecule has 5 aromatic carbocycles. The first kappa shape index (κ1) is 28.0. The maximum absolute atomic E-state index is 6.39. The highest BCUT2D eigenvalue weighted by Crippen LogP contribution is 2.38. The van der Waals surface area contributed by atoms with E-state index >= 15 is 0 Å². The molecular weight excluding hydrogens is 621 g/mol. The number of hydrogen-bond donors (Lipinski definition) is 0. The first-order chi connectivity index (χ1) is 24.8. The molecular formula is C42H24N6O2. The zero-order chi connectivity index (χ0) is 33.0. The molecule has 0 N–H and O–H groups in total. The molecule has 0 aliphatic heterocycles. The predicted molar refractivity (Wildman–Crippen MR) is 195 cm³/mol. The molecule has 5 aromatic heterocycles. The van der Waals surface area contributed by atoms with E-state index in [4.69, 9.17) is 38.7 Å². The van der Waals surface area contributed by atoms with E-state index in [1.165, 1.54) is 0 Å². The summed E-state index contributed by atoms with van der Waals surface area (Å²) in [6.45, 7) is 0. The Hall–Kier alpha value is -7.06. The van der Waals surface area contributed by atoms with Crippen LogP contribution in [-0.4, -0.2) is 29.9 Å². The number of benzene rings is 5. The van der Waals surface area contributed by atoms with Gasteiger partial charge in [-0.1, -0.05) is 91.0 Å². The summed E-state index contributed by atoms with van der Waals surface area (Å²) in [5.74, 6) is 2.25. The maximum atomic E-state index is 6.39. The lowest BCUT2D eigenvalue weighted by molar-refractivity contribution is 0.622. The molecule has 0 atom stereocenters. The molecule has 0 aliphatic carbocycles. The number of nitrogens with zero attached hydrogens (tertiary/aromatic N) is 6. The molecule has 0 spiro atoms. The zero-order valence-corrected chi connectivity index (χ0v) is 26.4. The average Bonchev–Trinajstić information content (AvgIpc) is 3.80. The summed E-state index contributed by atoms with van der Waals surface area (Å²) >= 11 is 0. The van der Waals surface area contributed by atoms with Gasteiger partial charge in [-0.3, -0.25) is 9.97 Å². The lowest BCUT2D eigenvalue weighted by Crippen LogP contribution is -2.01. The van der Waals surface area contributed by atoms with Crippen molar-refractivity contribution in [2.75, 3.05) is 0 Å². The third-order valence-corrected chi connectivity index (χ3v) is 8.90. The van der Waals surface area contributed by atoms with Crippen LogP contribution in [0.5, 0.6) is 0 Å². The molecule has 8 heteroatoms. The molecule has 0 amide bonds. The van der Waals surface area contributed by atoms with Crippen molar-refractivity contribution in [2.24, 2.45) is 0 Å². The predicted octanol–water partition coefficient (Wildman–Crippen LogP) is 10.2. The fraction of sp³-hybridized carbons (Fsp3) is 0. The number of fused-ring (bicyclic) bond motifs is 6. The van der Waals surface area contributed by atoms with E-state index in [-0.39, 0.29) is 0 Å². The molecule has 10 aromatic rings. The Morgan fingerprint density at radius 3 is 1.72 bits per heavy atom. The summed E-state index contributed by atoms with van der Waals surface area (Å²) in [7, 11) is 0. The second-order valence-corrected chi connectivity index (χ2v) is 11.9. The van der Waals surface area contributed by atoms with Crippen molar-refractivity contribution in [1.82, 2.24) is 29.9 Å². The van der Waals surface area contributed by atoms with Gasteiger partial charge in [0, 0.05) is 45.6 Å². The van der Waals surface area contributed by atoms with Gasteiger partial charge < -0.3 is 8.83 Å². The van der Waals surface area contributed by atoms with Crippen LogP contribution in [0.3, 0.4) is 0 Å². The minimum Gasteiger partial charge on any atom is -0.456 e. The highest BCUT2D eigenvalue weighted by Gasteiger charge is 2.19. The van der Waals surface area contributed by atoms with E-state index in [0.717, 1.165) is 66.4 Å². The lowest BCUT2D eigenvalue weighted by Gasteiger charge is -2.11. The third kappa shape index (κ3) is 4.62. The summed E-state index contributed by atoms with van der Waals surface area (Å²) in [6.07, 6.45) is 3.58. The average molecular weight is 645 g/mol. The SMILES string of the molecule is c1ccc(-c2nc(-c3ccccc3)nc(-c3ccnc4c(-c5ccc(-c6nc7ccc8oc9ccccc9c8c7o6)cc5)ccnc34)n2)cc1. The quantitative estimate of drug-likeness (QED) is 0.182. The van der Waals surface area contributed by atoms with Crippen molar-refractivity contribution < 1.29 is 8.83 Å². The minimum absolute atomic E-state index is 0.528. The van der Waals surface area contributed by atoms with Crippen LogP contribution >= 0.6 is 0 Å². The van der Waals surface area contributed by atoms with Crippen molar-refractivity contribution in [3.63, 3.8) is 0 Å². The third-order valence-electron chi connectivity index (χ3n) is 8.90. The van der Waals surface area contributed by atoms with Gasteiger partial charge in [-0.25, -0.2) is 19.9 Å². The maximum Gasteiger partial charge on any atom is 0.227 e. The molecule has 0 saturated heterocycles. The first-order valence-corrected chi connectivity index (χ1v) is 16.2. The molecule has 0 radical (unpaired) electrons. The Bertz CT molecular complexity index is 2810. The van der Waals surface area contributed by atoms with Gasteiger partial charge in [-0.15, -0.1) is 0 Å². The summed E-state index contributed by atoms with van der Waals surface area (Å²) in [5, 5.41) is 1.94. The number of para-hydroxylation sites is 1. The minimum atomic E-state index is 0.528. The normalized spacial score (nSPS) is 11.6. The Kier molecular flexibility index (Phi) is 6.32. The van der Waals surface area contributed by atoms with Gasteiger partial charge >= 0.3 is 0 Å². The van der Waals surface area contributed by atoms with E-state index in [9.17, 15) is 0 Å². The summed E-state index contributed by atoms with van der Waals surface area (Å²) < 4.78 is 12.4. The van der Waals surface area contributed by atoms with Crippen LogP contribution in [0.4, 0.5) is 0 Å². The highest BCUT2D eigenvalue weighted by atomic mass is 16.4. The molecule has 234 valence electrons. The standard InChI is InChI=1S/C42H24N6O2/c1-3-9-26(10-4-1)39-46-40(27-11-5-2-6-12-27)48-41(47-39)31-22-24-43-36-29(21-23-44-37(31)36)25-15-17-28(18-16-25)42-45-32-19-20-34-35(38(32)50-42)30-13-7-8-14-33(30)49-34/h1-24H. The molecule has 50 heavy (non-hydrogen) atoms. The van der Waals surface area contributed by atoms with E-state index < -0.39 is 0 Å². The largest absolute Gasteiger partial charge is 0.456 e. The Labute approximate surface area is 284 Å². The van der Waals surface area contributed by atoms with E-state index in [2.05, 4.69) is 12.1 Å². The van der Waals surface area contributed by atoms with Crippen LogP contribution in [0.15, 0.2) is 155 Å². The molecule has 0 saturated carbocycles. The van der Waals surface area contributed by atoms with Crippen LogP contribution in [0.1, 0.15) is 0 Å². The lowest BCUT2D eigenvalue weighted by atomic mass is 10.0. The summed E-state index contributed by atoms with van der Waals surface area (Å²) in [4.78, 5) is 29.1. The number of rotatable bonds is 5. The second-order valence-electron chi connectivity index (χ2n) is 11.9. The number of oxazole rings is 1. The molecule has 8 nitrogen and oxygen atoms in total. The Morgan fingerprint density at radius 1 is 0.400 bits per heavy atom. The van der Waals surface area contributed by atoms with Gasteiger partial charge in [0.2, 0.25) is 5.89 Å². The van der Waals surface area contributed by atoms with Crippen molar-refractivity contribution in [3.05, 3.63) is 146 Å². The molecule has 0 bridgehead atoms. The Balaban J connectivity index is 1.06. The van der Waals surface area contributed by atoms with Crippen LogP contribution < -0.4 is 0 Å². The van der Waals surface area contributed by atoms with Gasteiger partial charge in [0.15, 0.2) is 23.1 Å². The smallest absolute Gasteiger partial charge is 0.227 e. The first-order valence-electron chi connectivity index (χ1n) is 16.2. The van der Waals surface area contributed by atoms with Gasteiger partial charge in [0.05, 0.1) is 10.9 Å². The molecule has 0 fully saturated rings. The van der Waals surface area contributed by atoms with Crippen molar-refractivity contribution in [2.45, 2.75) is 0 Å². The zero-order valence-electron chi connectivity index (χ0n) is 26.4. The number of hydrogen-bond acceptors (Lipinski definition) is 8. The molecule has 5 heterocycles. The highest BCUT2D eigenvalue weighted by molar-refractivity contribution is 6.16.